The number of hydrogen-bond donors (Lipinski definition) is 3. The normalized spacial score (nSPS) is 18.7. The van der Waals surface area contributed by atoms with Crippen molar-refractivity contribution in [1.29, 1.82) is 0 Å². The van der Waals surface area contributed by atoms with Gasteiger partial charge in [-0.15, -0.1) is 5.10 Å². The number of imidazole rings is 1. The highest BCUT2D eigenvalue weighted by atomic mass is 19.4. The molecule has 8 nitrogen and oxygen atoms in total. The van der Waals surface area contributed by atoms with E-state index < -0.39 is 11.7 Å². The molecule has 1 fully saturated rings. The van der Waals surface area contributed by atoms with Crippen LogP contribution in [-0.4, -0.2) is 36.6 Å². The number of alkyl halides is 3. The molecule has 0 aliphatic heterocycles. The minimum absolute atomic E-state index is 0.267. The number of rotatable bonds is 5. The number of fused-ring (bicyclic) bond motifs is 1. The number of anilines is 3. The molecule has 0 spiro atoms. The van der Waals surface area contributed by atoms with Crippen molar-refractivity contribution in [2.75, 3.05) is 10.6 Å². The first-order valence-corrected chi connectivity index (χ1v) is 11.0. The minimum atomic E-state index is -4.38. The summed E-state index contributed by atoms with van der Waals surface area (Å²) >= 11 is 0. The van der Waals surface area contributed by atoms with E-state index in [1.807, 2.05) is 12.1 Å². The quantitative estimate of drug-likeness (QED) is 0.392. The number of nitrogens with two attached hydrogens (primary N) is 1. The summed E-state index contributed by atoms with van der Waals surface area (Å²) < 4.78 is 39.9. The lowest BCUT2D eigenvalue weighted by molar-refractivity contribution is -0.137. The van der Waals surface area contributed by atoms with Gasteiger partial charge in [0.1, 0.15) is 5.82 Å². The van der Waals surface area contributed by atoms with Crippen LogP contribution in [0.15, 0.2) is 55.0 Å². The molecule has 0 radical (unpaired) electrons. The van der Waals surface area contributed by atoms with Gasteiger partial charge in [0.05, 0.1) is 17.5 Å². The molecule has 1 aromatic carbocycles. The third-order valence-corrected chi connectivity index (χ3v) is 5.90. The van der Waals surface area contributed by atoms with Crippen molar-refractivity contribution < 1.29 is 13.2 Å². The Kier molecular flexibility index (Phi) is 5.78. The largest absolute Gasteiger partial charge is 0.416 e. The molecule has 11 heteroatoms. The molecule has 4 aromatic rings. The number of nitrogens with one attached hydrogen (secondary N) is 2. The number of hydrogen-bond acceptors (Lipinski definition) is 7. The fraction of sp³-hybridized carbons (Fsp3) is 0.304. The molecule has 3 aromatic heterocycles. The van der Waals surface area contributed by atoms with Crippen LogP contribution in [0.5, 0.6) is 0 Å². The SMILES string of the molecule is N[C@H]1CC[C@H](Nc2ccc3ncc(-c4cnc(Nc5ccc(C(F)(F)F)cc5)nc4)n3n2)CC1. The second kappa shape index (κ2) is 8.90. The third kappa shape index (κ3) is 4.79. The predicted molar refractivity (Wildman–Crippen MR) is 123 cm³/mol. The molecule has 3 heterocycles. The number of benzene rings is 1. The first-order chi connectivity index (χ1) is 16.3. The topological polar surface area (TPSA) is 106 Å². The minimum Gasteiger partial charge on any atom is -0.366 e. The summed E-state index contributed by atoms with van der Waals surface area (Å²) in [6.07, 6.45) is 4.59. The van der Waals surface area contributed by atoms with Crippen LogP contribution in [0, 0.1) is 0 Å². The molecule has 0 saturated heterocycles. The van der Waals surface area contributed by atoms with Crippen molar-refractivity contribution in [3.05, 3.63) is 60.6 Å². The van der Waals surface area contributed by atoms with Gasteiger partial charge in [0.25, 0.3) is 0 Å². The van der Waals surface area contributed by atoms with E-state index in [1.165, 1.54) is 12.1 Å². The summed E-state index contributed by atoms with van der Waals surface area (Å²) in [5.41, 5.74) is 7.87. The van der Waals surface area contributed by atoms with Gasteiger partial charge in [-0.05, 0) is 62.1 Å². The van der Waals surface area contributed by atoms with E-state index in [2.05, 4.69) is 25.6 Å². The van der Waals surface area contributed by atoms with Gasteiger partial charge >= 0.3 is 6.18 Å². The van der Waals surface area contributed by atoms with E-state index in [9.17, 15) is 13.2 Å². The molecule has 4 N–H and O–H groups in total. The second-order valence-corrected chi connectivity index (χ2v) is 8.38. The van der Waals surface area contributed by atoms with Gasteiger partial charge < -0.3 is 16.4 Å². The predicted octanol–water partition coefficient (Wildman–Crippen LogP) is 4.63. The Morgan fingerprint density at radius 1 is 0.882 bits per heavy atom. The van der Waals surface area contributed by atoms with Gasteiger partial charge in [0, 0.05) is 35.7 Å². The fourth-order valence-corrected chi connectivity index (χ4v) is 4.02. The Labute approximate surface area is 193 Å². The van der Waals surface area contributed by atoms with E-state index in [1.54, 1.807) is 23.1 Å². The first-order valence-electron chi connectivity index (χ1n) is 11.0. The molecule has 176 valence electrons. The molecule has 0 atom stereocenters. The summed E-state index contributed by atoms with van der Waals surface area (Å²) in [5, 5.41) is 11.1. The maximum absolute atomic E-state index is 12.7. The van der Waals surface area contributed by atoms with Gasteiger partial charge in [-0.2, -0.15) is 13.2 Å². The maximum Gasteiger partial charge on any atom is 0.416 e. The Morgan fingerprint density at radius 2 is 1.59 bits per heavy atom. The summed E-state index contributed by atoms with van der Waals surface area (Å²) in [5.74, 6) is 1.02. The van der Waals surface area contributed by atoms with E-state index in [4.69, 9.17) is 10.8 Å². The summed E-state index contributed by atoms with van der Waals surface area (Å²) in [7, 11) is 0. The number of halogens is 3. The van der Waals surface area contributed by atoms with E-state index in [0.717, 1.165) is 49.3 Å². The van der Waals surface area contributed by atoms with Crippen LogP contribution in [0.1, 0.15) is 31.2 Å². The average molecular weight is 468 g/mol. The van der Waals surface area contributed by atoms with E-state index in [0.29, 0.717) is 22.9 Å². The molecule has 34 heavy (non-hydrogen) atoms. The van der Waals surface area contributed by atoms with Crippen molar-refractivity contribution >= 4 is 23.1 Å². The average Bonchev–Trinajstić information content (AvgIpc) is 3.24. The highest BCUT2D eigenvalue weighted by molar-refractivity contribution is 5.63. The summed E-state index contributed by atoms with van der Waals surface area (Å²) in [6, 6.07) is 9.12. The molecule has 1 aliphatic carbocycles. The lowest BCUT2D eigenvalue weighted by Crippen LogP contribution is -2.33. The van der Waals surface area contributed by atoms with Crippen molar-refractivity contribution in [2.24, 2.45) is 5.73 Å². The summed E-state index contributed by atoms with van der Waals surface area (Å²) in [6.45, 7) is 0. The van der Waals surface area contributed by atoms with Gasteiger partial charge in [0.2, 0.25) is 5.95 Å². The first kappa shape index (κ1) is 22.1. The zero-order valence-corrected chi connectivity index (χ0v) is 18.1. The van der Waals surface area contributed by atoms with Gasteiger partial charge in [-0.3, -0.25) is 0 Å². The van der Waals surface area contributed by atoms with Gasteiger partial charge in [-0.1, -0.05) is 0 Å². The van der Waals surface area contributed by atoms with Crippen LogP contribution in [0.25, 0.3) is 16.9 Å². The molecule has 0 unspecified atom stereocenters. The Balaban J connectivity index is 1.31. The Morgan fingerprint density at radius 3 is 2.26 bits per heavy atom. The van der Waals surface area contributed by atoms with Gasteiger partial charge in [0.15, 0.2) is 5.65 Å². The molecule has 0 amide bonds. The summed E-state index contributed by atoms with van der Waals surface area (Å²) in [4.78, 5) is 13.0. The van der Waals surface area contributed by atoms with Crippen molar-refractivity contribution in [3.8, 4) is 11.3 Å². The van der Waals surface area contributed by atoms with Crippen LogP contribution in [-0.2, 0) is 6.18 Å². The molecular formula is C23H23F3N8. The zero-order chi connectivity index (χ0) is 23.7. The Hall–Kier alpha value is -3.73. The fourth-order valence-electron chi connectivity index (χ4n) is 4.02. The van der Waals surface area contributed by atoms with Crippen molar-refractivity contribution in [2.45, 2.75) is 43.9 Å². The molecule has 1 aliphatic rings. The third-order valence-electron chi connectivity index (χ3n) is 5.90. The van der Waals surface area contributed by atoms with Crippen LogP contribution in [0.4, 0.5) is 30.6 Å². The molecule has 0 bridgehead atoms. The second-order valence-electron chi connectivity index (χ2n) is 8.38. The van der Waals surface area contributed by atoms with Gasteiger partial charge in [-0.25, -0.2) is 19.5 Å². The molecule has 5 rings (SSSR count). The number of aromatic nitrogens is 5. The monoisotopic (exact) mass is 468 g/mol. The van der Waals surface area contributed by atoms with Crippen molar-refractivity contribution in [3.63, 3.8) is 0 Å². The van der Waals surface area contributed by atoms with Crippen LogP contribution in [0.2, 0.25) is 0 Å². The van der Waals surface area contributed by atoms with E-state index in [-0.39, 0.29) is 12.0 Å². The molecular weight excluding hydrogens is 445 g/mol. The van der Waals surface area contributed by atoms with Crippen molar-refractivity contribution in [1.82, 2.24) is 24.6 Å². The zero-order valence-electron chi connectivity index (χ0n) is 18.1. The lowest BCUT2D eigenvalue weighted by atomic mass is 9.92. The highest BCUT2D eigenvalue weighted by Gasteiger charge is 2.30. The number of nitrogens with zero attached hydrogens (tertiary/aromatic N) is 5. The van der Waals surface area contributed by atoms with Crippen LogP contribution < -0.4 is 16.4 Å². The highest BCUT2D eigenvalue weighted by Crippen LogP contribution is 2.30. The lowest BCUT2D eigenvalue weighted by Gasteiger charge is -2.27. The maximum atomic E-state index is 12.7. The van der Waals surface area contributed by atoms with Crippen LogP contribution >= 0.6 is 0 Å². The smallest absolute Gasteiger partial charge is 0.366 e. The molecule has 1 saturated carbocycles. The van der Waals surface area contributed by atoms with E-state index >= 15 is 0 Å². The Bertz CT molecular complexity index is 1260. The standard InChI is InChI=1S/C23H23F3N8/c24-23(25,26)15-1-5-18(6-2-15)32-22-29-11-14(12-30-22)19-13-28-21-10-9-20(33-34(19)21)31-17-7-3-16(27)4-8-17/h1-2,5-6,9-13,16-17H,3-4,7-8,27H2,(H,31,33)(H,29,30,32)/t16-,17-. The van der Waals surface area contributed by atoms with Crippen LogP contribution in [0.3, 0.4) is 0 Å².